The highest BCUT2D eigenvalue weighted by Crippen LogP contribution is 2.40. The van der Waals surface area contributed by atoms with Gasteiger partial charge in [0.2, 0.25) is 0 Å². The van der Waals surface area contributed by atoms with Gasteiger partial charge in [0.25, 0.3) is 0 Å². The van der Waals surface area contributed by atoms with Crippen molar-refractivity contribution in [1.82, 2.24) is 5.32 Å². The maximum Gasteiger partial charge on any atom is 0.413 e. The van der Waals surface area contributed by atoms with Crippen molar-refractivity contribution in [2.45, 2.75) is 50.5 Å². The summed E-state index contributed by atoms with van der Waals surface area (Å²) in [7, 11) is -1.84. The average molecular weight is 440 g/mol. The van der Waals surface area contributed by atoms with Gasteiger partial charge < -0.3 is 4.74 Å². The van der Waals surface area contributed by atoms with E-state index in [4.69, 9.17) is 11.2 Å². The zero-order valence-corrected chi connectivity index (χ0v) is 18.8. The third kappa shape index (κ3) is 4.33. The second-order valence-electron chi connectivity index (χ2n) is 8.57. The van der Waals surface area contributed by atoms with Crippen LogP contribution in [-0.2, 0) is 20.0 Å². The third-order valence-electron chi connectivity index (χ3n) is 4.90. The number of hydrogen-bond donors (Lipinski definition) is 1. The zero-order valence-electron chi connectivity index (χ0n) is 18.0. The number of amidine groups is 1. The molecule has 6 nitrogen and oxygen atoms in total. The topological polar surface area (TPSA) is 80.1 Å². The highest BCUT2D eigenvalue weighted by Gasteiger charge is 2.51. The highest BCUT2D eigenvalue weighted by atomic mass is 32.2. The van der Waals surface area contributed by atoms with Crippen molar-refractivity contribution in [1.29, 1.82) is 0 Å². The maximum absolute atomic E-state index is 14.7. The van der Waals surface area contributed by atoms with Crippen LogP contribution in [0.25, 0.3) is 0 Å². The van der Waals surface area contributed by atoms with Crippen LogP contribution in [0.2, 0.25) is 0 Å². The summed E-state index contributed by atoms with van der Waals surface area (Å²) in [5.41, 5.74) is -2.49. The van der Waals surface area contributed by atoms with Crippen molar-refractivity contribution >= 4 is 21.7 Å². The molecule has 1 aromatic rings. The molecule has 0 saturated heterocycles. The fourth-order valence-electron chi connectivity index (χ4n) is 3.16. The number of terminal acetylenes is 1. The monoisotopic (exact) mass is 439 g/mol. The molecule has 2 rings (SSSR count). The second-order valence-corrected chi connectivity index (χ2v) is 11.5. The largest absolute Gasteiger partial charge is 0.444 e. The quantitative estimate of drug-likeness (QED) is 0.712. The van der Waals surface area contributed by atoms with E-state index in [0.717, 1.165) is 6.07 Å². The Bertz CT molecular complexity index is 1040. The summed E-state index contributed by atoms with van der Waals surface area (Å²) in [5.74, 6) is 1.16. The van der Waals surface area contributed by atoms with Crippen LogP contribution in [0.15, 0.2) is 27.6 Å². The molecule has 1 aromatic carbocycles. The van der Waals surface area contributed by atoms with Crippen LogP contribution in [0.4, 0.5) is 13.6 Å². The maximum atomic E-state index is 14.7. The summed E-state index contributed by atoms with van der Waals surface area (Å²) in [5, 5.41) is 2.48. The number of nitrogens with one attached hydrogen (secondary N) is 1. The molecule has 0 aromatic heterocycles. The Labute approximate surface area is 176 Å². The van der Waals surface area contributed by atoms with Gasteiger partial charge in [-0.25, -0.2) is 22.1 Å². The van der Waals surface area contributed by atoms with Crippen LogP contribution in [0.5, 0.6) is 0 Å². The standard InChI is InChI=1S/C21H27F2N3O3S/c1-8-14-9-10-16(23)15(11-14)21(12-22)13-30(28,24-7)20(5,6)17(26-21)25-18(27)29-19(2,3)4/h1,9-11H,12-13H2,2-7H3,(H,25,26,27)/t21-,30?/m0/s1. The molecule has 1 aliphatic rings. The molecule has 9 heteroatoms. The lowest BCUT2D eigenvalue weighted by atomic mass is 9.91. The number of alkyl carbamates (subject to hydrolysis) is 1. The Morgan fingerprint density at radius 3 is 2.57 bits per heavy atom. The van der Waals surface area contributed by atoms with Crippen LogP contribution in [0, 0.1) is 18.2 Å². The van der Waals surface area contributed by atoms with E-state index in [1.54, 1.807) is 34.6 Å². The summed E-state index contributed by atoms with van der Waals surface area (Å²) in [6.07, 6.45) is 4.56. The van der Waals surface area contributed by atoms with Gasteiger partial charge in [-0.1, -0.05) is 5.92 Å². The number of aliphatic imine (C=N–C) groups is 1. The molecule has 0 bridgehead atoms. The molecule has 2 atom stereocenters. The highest BCUT2D eigenvalue weighted by molar-refractivity contribution is 7.95. The van der Waals surface area contributed by atoms with Gasteiger partial charge in [-0.05, 0) is 52.8 Å². The Kier molecular flexibility index (Phi) is 6.34. The first kappa shape index (κ1) is 23.8. The van der Waals surface area contributed by atoms with Crippen LogP contribution >= 0.6 is 0 Å². The molecular formula is C21H27F2N3O3S. The molecule has 1 amide bonds. The summed E-state index contributed by atoms with van der Waals surface area (Å²) in [6, 6.07) is 3.79. The van der Waals surface area contributed by atoms with Crippen molar-refractivity contribution in [3.63, 3.8) is 0 Å². The number of halogens is 2. The molecule has 1 N–H and O–H groups in total. The smallest absolute Gasteiger partial charge is 0.413 e. The lowest BCUT2D eigenvalue weighted by Gasteiger charge is -2.42. The molecule has 0 spiro atoms. The van der Waals surface area contributed by atoms with Crippen molar-refractivity contribution in [3.8, 4) is 12.3 Å². The van der Waals surface area contributed by atoms with Gasteiger partial charge in [0, 0.05) is 18.2 Å². The Morgan fingerprint density at radius 2 is 2.07 bits per heavy atom. The van der Waals surface area contributed by atoms with Gasteiger partial charge >= 0.3 is 6.09 Å². The first-order valence-electron chi connectivity index (χ1n) is 9.29. The SMILES string of the molecule is C#Cc1ccc(F)c([C@]2(CF)CS(=O)(=NC)C(C)(C)C(NC(=O)OC(C)(C)C)=N2)c1. The van der Waals surface area contributed by atoms with Crippen LogP contribution in [-0.4, -0.2) is 46.0 Å². The van der Waals surface area contributed by atoms with Gasteiger partial charge in [0.05, 0.1) is 15.5 Å². The van der Waals surface area contributed by atoms with Gasteiger partial charge in [-0.3, -0.25) is 10.3 Å². The first-order chi connectivity index (χ1) is 13.7. The molecule has 164 valence electrons. The number of rotatable bonds is 2. The number of hydrogen-bond acceptors (Lipinski definition) is 5. The predicted molar refractivity (Wildman–Crippen MR) is 114 cm³/mol. The molecule has 30 heavy (non-hydrogen) atoms. The minimum atomic E-state index is -3.18. The fourth-order valence-corrected chi connectivity index (χ4v) is 5.45. The summed E-state index contributed by atoms with van der Waals surface area (Å²) in [6.45, 7) is 7.02. The van der Waals surface area contributed by atoms with Gasteiger partial charge in [-0.15, -0.1) is 6.42 Å². The van der Waals surface area contributed by atoms with Crippen molar-refractivity contribution in [2.75, 3.05) is 19.5 Å². The van der Waals surface area contributed by atoms with E-state index in [1.807, 2.05) is 0 Å². The molecule has 0 fully saturated rings. The van der Waals surface area contributed by atoms with E-state index in [0.29, 0.717) is 5.56 Å². The van der Waals surface area contributed by atoms with Crippen molar-refractivity contribution < 1.29 is 22.5 Å². The average Bonchev–Trinajstić information content (AvgIpc) is 2.64. The van der Waals surface area contributed by atoms with Crippen molar-refractivity contribution in [2.24, 2.45) is 9.36 Å². The summed E-state index contributed by atoms with van der Waals surface area (Å²) in [4.78, 5) is 16.8. The van der Waals surface area contributed by atoms with Gasteiger partial charge in [0.15, 0.2) is 0 Å². The molecule has 1 heterocycles. The Hall–Kier alpha value is -2.47. The lowest BCUT2D eigenvalue weighted by molar-refractivity contribution is 0.0560. The zero-order chi connectivity index (χ0) is 23.0. The van der Waals surface area contributed by atoms with Crippen LogP contribution < -0.4 is 5.32 Å². The molecule has 0 aliphatic carbocycles. The number of benzene rings is 1. The number of nitrogens with zero attached hydrogens (tertiary/aromatic N) is 2. The van der Waals surface area contributed by atoms with E-state index in [1.165, 1.54) is 19.2 Å². The Balaban J connectivity index is 2.74. The normalized spacial score (nSPS) is 25.6. The number of amides is 1. The molecule has 1 unspecified atom stereocenters. The van der Waals surface area contributed by atoms with Gasteiger partial charge in [-0.2, -0.15) is 0 Å². The summed E-state index contributed by atoms with van der Waals surface area (Å²) >= 11 is 0. The first-order valence-corrected chi connectivity index (χ1v) is 11.0. The third-order valence-corrected chi connectivity index (χ3v) is 8.14. The predicted octanol–water partition coefficient (Wildman–Crippen LogP) is 3.79. The minimum Gasteiger partial charge on any atom is -0.444 e. The molecule has 0 saturated carbocycles. The Morgan fingerprint density at radius 1 is 1.43 bits per heavy atom. The van der Waals surface area contributed by atoms with Crippen LogP contribution in [0.3, 0.4) is 0 Å². The van der Waals surface area contributed by atoms with Crippen LogP contribution in [0.1, 0.15) is 45.7 Å². The van der Waals surface area contributed by atoms with E-state index < -0.39 is 44.2 Å². The number of carbonyl (C=O) groups is 1. The van der Waals surface area contributed by atoms with Crippen molar-refractivity contribution in [3.05, 3.63) is 35.1 Å². The number of ether oxygens (including phenoxy) is 1. The lowest BCUT2D eigenvalue weighted by Crippen LogP contribution is -2.59. The number of alkyl halides is 1. The van der Waals surface area contributed by atoms with E-state index >= 15 is 0 Å². The fraction of sp³-hybridized carbons (Fsp3) is 0.524. The number of carbonyl (C=O) groups excluding carboxylic acids is 1. The summed E-state index contributed by atoms with van der Waals surface area (Å²) < 4.78 is 51.0. The molecule has 0 radical (unpaired) electrons. The van der Waals surface area contributed by atoms with E-state index in [9.17, 15) is 17.8 Å². The van der Waals surface area contributed by atoms with E-state index in [-0.39, 0.29) is 17.2 Å². The molecule has 1 aliphatic heterocycles. The molecular weight excluding hydrogens is 412 g/mol. The minimum absolute atomic E-state index is 0.0956. The van der Waals surface area contributed by atoms with Gasteiger partial charge in [0.1, 0.15) is 34.2 Å². The van der Waals surface area contributed by atoms with E-state index in [2.05, 4.69) is 20.6 Å². The second kappa shape index (κ2) is 7.99.